The topological polar surface area (TPSA) is 42.2 Å². The molecule has 1 fully saturated rings. The second-order valence-electron chi connectivity index (χ2n) is 5.46. The van der Waals surface area contributed by atoms with E-state index in [-0.39, 0.29) is 0 Å². The van der Waals surface area contributed by atoms with Gasteiger partial charge in [0, 0.05) is 23.7 Å². The van der Waals surface area contributed by atoms with Crippen molar-refractivity contribution in [2.75, 3.05) is 10.6 Å². The molecule has 0 aliphatic carbocycles. The molecule has 19 heavy (non-hydrogen) atoms. The molecule has 3 rings (SSSR count). The van der Waals surface area contributed by atoms with Crippen molar-refractivity contribution in [3.63, 3.8) is 0 Å². The number of benzene rings is 1. The highest BCUT2D eigenvalue weighted by Gasteiger charge is 2.30. The van der Waals surface area contributed by atoms with E-state index in [2.05, 4.69) is 41.9 Å². The molecule has 0 amide bonds. The third kappa shape index (κ3) is 1.93. The second-order valence-corrected chi connectivity index (χ2v) is 5.46. The molecule has 1 aliphatic heterocycles. The van der Waals surface area contributed by atoms with Gasteiger partial charge in [-0.05, 0) is 50.5 Å². The van der Waals surface area contributed by atoms with E-state index >= 15 is 0 Å². The van der Waals surface area contributed by atoms with E-state index in [9.17, 15) is 0 Å². The standard InChI is InChI=1S/C16H21N3/c1-3-12-7-6-11(2)19(12)15-9-8-14-13(16(15)17)5-4-10-18-14/h4-5,8-12H,3,6-7,17H2,1-2H3. The Labute approximate surface area is 114 Å². The average molecular weight is 255 g/mol. The van der Waals surface area contributed by atoms with Crippen LogP contribution in [-0.4, -0.2) is 17.1 Å². The predicted octanol–water partition coefficient (Wildman–Crippen LogP) is 3.58. The van der Waals surface area contributed by atoms with Gasteiger partial charge in [-0.1, -0.05) is 6.92 Å². The lowest BCUT2D eigenvalue weighted by atomic mass is 10.1. The number of hydrogen-bond donors (Lipinski definition) is 1. The van der Waals surface area contributed by atoms with Gasteiger partial charge in [0.25, 0.3) is 0 Å². The molecule has 100 valence electrons. The monoisotopic (exact) mass is 255 g/mol. The first-order valence-corrected chi connectivity index (χ1v) is 7.14. The molecule has 1 aliphatic rings. The summed E-state index contributed by atoms with van der Waals surface area (Å²) < 4.78 is 0. The van der Waals surface area contributed by atoms with Crippen molar-refractivity contribution >= 4 is 22.3 Å². The molecule has 2 N–H and O–H groups in total. The number of pyridine rings is 1. The Balaban J connectivity index is 2.12. The molecule has 2 atom stereocenters. The Morgan fingerprint density at radius 1 is 1.32 bits per heavy atom. The summed E-state index contributed by atoms with van der Waals surface area (Å²) in [4.78, 5) is 6.87. The van der Waals surface area contributed by atoms with Crippen molar-refractivity contribution < 1.29 is 0 Å². The van der Waals surface area contributed by atoms with Gasteiger partial charge in [0.05, 0.1) is 16.9 Å². The molecule has 1 aromatic heterocycles. The average Bonchev–Trinajstić information content (AvgIpc) is 2.81. The second kappa shape index (κ2) is 4.72. The van der Waals surface area contributed by atoms with E-state index in [1.54, 1.807) is 0 Å². The minimum absolute atomic E-state index is 0.571. The van der Waals surface area contributed by atoms with Crippen molar-refractivity contribution in [3.8, 4) is 0 Å². The number of nitrogen functional groups attached to an aromatic ring is 1. The predicted molar refractivity (Wildman–Crippen MR) is 81.4 cm³/mol. The van der Waals surface area contributed by atoms with Gasteiger partial charge >= 0.3 is 0 Å². The Morgan fingerprint density at radius 3 is 2.95 bits per heavy atom. The Hall–Kier alpha value is -1.77. The van der Waals surface area contributed by atoms with Gasteiger partial charge < -0.3 is 10.6 Å². The lowest BCUT2D eigenvalue weighted by molar-refractivity contribution is 0.629. The SMILES string of the molecule is CCC1CCC(C)N1c1ccc2ncccc2c1N. The fourth-order valence-electron chi connectivity index (χ4n) is 3.30. The molecule has 2 unspecified atom stereocenters. The van der Waals surface area contributed by atoms with Crippen LogP contribution >= 0.6 is 0 Å². The van der Waals surface area contributed by atoms with Gasteiger partial charge in [-0.15, -0.1) is 0 Å². The highest BCUT2D eigenvalue weighted by molar-refractivity contribution is 5.97. The third-order valence-electron chi connectivity index (χ3n) is 4.34. The van der Waals surface area contributed by atoms with Crippen molar-refractivity contribution in [3.05, 3.63) is 30.5 Å². The number of rotatable bonds is 2. The zero-order valence-corrected chi connectivity index (χ0v) is 11.6. The molecular weight excluding hydrogens is 234 g/mol. The zero-order chi connectivity index (χ0) is 13.4. The summed E-state index contributed by atoms with van der Waals surface area (Å²) in [5, 5.41) is 1.06. The largest absolute Gasteiger partial charge is 0.396 e. The van der Waals surface area contributed by atoms with Crippen LogP contribution in [0.4, 0.5) is 11.4 Å². The molecule has 2 aromatic rings. The summed E-state index contributed by atoms with van der Waals surface area (Å²) in [5.41, 5.74) is 9.42. The maximum absolute atomic E-state index is 6.40. The Morgan fingerprint density at radius 2 is 2.16 bits per heavy atom. The normalized spacial score (nSPS) is 23.2. The van der Waals surface area contributed by atoms with Crippen LogP contribution in [0.25, 0.3) is 10.9 Å². The van der Waals surface area contributed by atoms with Crippen molar-refractivity contribution in [2.24, 2.45) is 0 Å². The minimum Gasteiger partial charge on any atom is -0.396 e. The number of nitrogens with zero attached hydrogens (tertiary/aromatic N) is 2. The van der Waals surface area contributed by atoms with Crippen molar-refractivity contribution in [1.29, 1.82) is 0 Å². The minimum atomic E-state index is 0.571. The van der Waals surface area contributed by atoms with Crippen LogP contribution in [0.3, 0.4) is 0 Å². The first-order chi connectivity index (χ1) is 9.22. The van der Waals surface area contributed by atoms with Gasteiger partial charge in [0.1, 0.15) is 0 Å². The van der Waals surface area contributed by atoms with Crippen LogP contribution in [-0.2, 0) is 0 Å². The van der Waals surface area contributed by atoms with E-state index < -0.39 is 0 Å². The number of nitrogens with two attached hydrogens (primary N) is 1. The summed E-state index contributed by atoms with van der Waals surface area (Å²) in [6.45, 7) is 4.55. The molecular formula is C16H21N3. The quantitative estimate of drug-likeness (QED) is 0.834. The molecule has 0 saturated carbocycles. The maximum atomic E-state index is 6.40. The Bertz CT molecular complexity index is 594. The summed E-state index contributed by atoms with van der Waals surface area (Å²) in [7, 11) is 0. The fraction of sp³-hybridized carbons (Fsp3) is 0.438. The molecule has 1 aromatic carbocycles. The summed E-state index contributed by atoms with van der Waals surface area (Å²) in [6, 6.07) is 9.41. The number of fused-ring (bicyclic) bond motifs is 1. The van der Waals surface area contributed by atoms with E-state index in [0.717, 1.165) is 16.6 Å². The van der Waals surface area contributed by atoms with Gasteiger partial charge in [-0.2, -0.15) is 0 Å². The van der Waals surface area contributed by atoms with Gasteiger partial charge in [0.2, 0.25) is 0 Å². The Kier molecular flexibility index (Phi) is 3.05. The van der Waals surface area contributed by atoms with E-state index in [4.69, 9.17) is 5.73 Å². The molecule has 0 bridgehead atoms. The van der Waals surface area contributed by atoms with Crippen molar-refractivity contribution in [2.45, 2.75) is 45.2 Å². The summed E-state index contributed by atoms with van der Waals surface area (Å²) in [5.74, 6) is 0. The van der Waals surface area contributed by atoms with E-state index in [0.29, 0.717) is 12.1 Å². The first kappa shape index (κ1) is 12.3. The van der Waals surface area contributed by atoms with Crippen LogP contribution in [0.15, 0.2) is 30.5 Å². The first-order valence-electron chi connectivity index (χ1n) is 7.14. The molecule has 0 spiro atoms. The molecule has 0 radical (unpaired) electrons. The van der Waals surface area contributed by atoms with Crippen LogP contribution < -0.4 is 10.6 Å². The van der Waals surface area contributed by atoms with Crippen LogP contribution in [0, 0.1) is 0 Å². The van der Waals surface area contributed by atoms with E-state index in [1.807, 2.05) is 12.3 Å². The zero-order valence-electron chi connectivity index (χ0n) is 11.6. The van der Waals surface area contributed by atoms with E-state index in [1.165, 1.54) is 24.9 Å². The van der Waals surface area contributed by atoms with Crippen molar-refractivity contribution in [1.82, 2.24) is 4.98 Å². The summed E-state index contributed by atoms with van der Waals surface area (Å²) in [6.07, 6.45) is 5.51. The lowest BCUT2D eigenvalue weighted by Gasteiger charge is -2.31. The molecule has 3 nitrogen and oxygen atoms in total. The lowest BCUT2D eigenvalue weighted by Crippen LogP contribution is -2.34. The van der Waals surface area contributed by atoms with Gasteiger partial charge in [-0.3, -0.25) is 4.98 Å². The van der Waals surface area contributed by atoms with Crippen LogP contribution in [0.1, 0.15) is 33.1 Å². The van der Waals surface area contributed by atoms with Crippen LogP contribution in [0.2, 0.25) is 0 Å². The summed E-state index contributed by atoms with van der Waals surface area (Å²) >= 11 is 0. The number of aromatic nitrogens is 1. The van der Waals surface area contributed by atoms with Gasteiger partial charge in [-0.25, -0.2) is 0 Å². The van der Waals surface area contributed by atoms with Crippen LogP contribution in [0.5, 0.6) is 0 Å². The smallest absolute Gasteiger partial charge is 0.0724 e. The number of hydrogen-bond acceptors (Lipinski definition) is 3. The maximum Gasteiger partial charge on any atom is 0.0724 e. The van der Waals surface area contributed by atoms with Gasteiger partial charge in [0.15, 0.2) is 0 Å². The molecule has 2 heterocycles. The third-order valence-corrected chi connectivity index (χ3v) is 4.34. The highest BCUT2D eigenvalue weighted by Crippen LogP contribution is 2.38. The molecule has 3 heteroatoms. The number of anilines is 2. The fourth-order valence-corrected chi connectivity index (χ4v) is 3.30. The molecule has 1 saturated heterocycles. The highest BCUT2D eigenvalue weighted by atomic mass is 15.2.